The molecule has 0 aromatic heterocycles. The maximum atomic E-state index is 11.6. The zero-order valence-corrected chi connectivity index (χ0v) is 10.1. The van der Waals surface area contributed by atoms with E-state index in [4.69, 9.17) is 4.74 Å². The van der Waals surface area contributed by atoms with Crippen molar-refractivity contribution in [2.75, 3.05) is 13.7 Å². The van der Waals surface area contributed by atoms with Gasteiger partial charge in [0.1, 0.15) is 6.04 Å². The number of rotatable bonds is 5. The van der Waals surface area contributed by atoms with Crippen LogP contribution in [-0.4, -0.2) is 19.6 Å². The van der Waals surface area contributed by atoms with Crippen molar-refractivity contribution in [3.63, 3.8) is 0 Å². The lowest BCUT2D eigenvalue weighted by molar-refractivity contribution is -0.143. The minimum Gasteiger partial charge on any atom is -0.468 e. The van der Waals surface area contributed by atoms with Gasteiger partial charge in [-0.05, 0) is 25.5 Å². The van der Waals surface area contributed by atoms with Gasteiger partial charge in [0.2, 0.25) is 0 Å². The second kappa shape index (κ2) is 6.28. The molecule has 1 unspecified atom stereocenters. The van der Waals surface area contributed by atoms with Gasteiger partial charge < -0.3 is 10.1 Å². The summed E-state index contributed by atoms with van der Waals surface area (Å²) >= 11 is 0. The molecule has 0 fully saturated rings. The van der Waals surface area contributed by atoms with Crippen LogP contribution in [0.5, 0.6) is 0 Å². The van der Waals surface area contributed by atoms with Crippen LogP contribution < -0.4 is 5.32 Å². The second-order valence-electron chi connectivity index (χ2n) is 3.82. The third-order valence-electron chi connectivity index (χ3n) is 2.45. The van der Waals surface area contributed by atoms with E-state index in [9.17, 15) is 4.79 Å². The molecule has 0 aliphatic rings. The first kappa shape index (κ1) is 12.7. The van der Waals surface area contributed by atoms with E-state index in [2.05, 4.69) is 12.2 Å². The van der Waals surface area contributed by atoms with Crippen molar-refractivity contribution < 1.29 is 9.53 Å². The first-order valence-corrected chi connectivity index (χ1v) is 5.56. The van der Waals surface area contributed by atoms with Crippen LogP contribution in [0.2, 0.25) is 0 Å². The predicted molar refractivity (Wildman–Crippen MR) is 64.2 cm³/mol. The summed E-state index contributed by atoms with van der Waals surface area (Å²) in [4.78, 5) is 11.6. The number of carbonyl (C=O) groups excluding carboxylic acids is 1. The number of hydrogen-bond acceptors (Lipinski definition) is 3. The van der Waals surface area contributed by atoms with Gasteiger partial charge in [0.25, 0.3) is 0 Å². The Kier molecular flexibility index (Phi) is 4.99. The predicted octanol–water partition coefficient (Wildman–Crippen LogP) is 2.21. The Hall–Kier alpha value is -1.35. The molecule has 16 heavy (non-hydrogen) atoms. The van der Waals surface area contributed by atoms with Gasteiger partial charge in [-0.3, -0.25) is 0 Å². The van der Waals surface area contributed by atoms with Crippen molar-refractivity contribution in [3.05, 3.63) is 35.4 Å². The van der Waals surface area contributed by atoms with E-state index >= 15 is 0 Å². The van der Waals surface area contributed by atoms with Crippen LogP contribution in [0.15, 0.2) is 24.3 Å². The van der Waals surface area contributed by atoms with E-state index in [1.165, 1.54) is 12.7 Å². The Balaban J connectivity index is 2.82. The number of hydrogen-bond donors (Lipinski definition) is 1. The molecule has 0 spiro atoms. The van der Waals surface area contributed by atoms with Gasteiger partial charge in [0.05, 0.1) is 7.11 Å². The SMILES string of the molecule is CCCNC(C(=O)OC)c1ccc(C)cc1. The average Bonchev–Trinajstić information content (AvgIpc) is 2.31. The smallest absolute Gasteiger partial charge is 0.327 e. The van der Waals surface area contributed by atoms with Gasteiger partial charge in [-0.15, -0.1) is 0 Å². The van der Waals surface area contributed by atoms with Gasteiger partial charge in [0.15, 0.2) is 0 Å². The van der Waals surface area contributed by atoms with Crippen LogP contribution in [0.4, 0.5) is 0 Å². The van der Waals surface area contributed by atoms with Gasteiger partial charge in [-0.25, -0.2) is 4.79 Å². The van der Waals surface area contributed by atoms with E-state index in [0.717, 1.165) is 18.5 Å². The largest absolute Gasteiger partial charge is 0.468 e. The highest BCUT2D eigenvalue weighted by Crippen LogP contribution is 2.15. The van der Waals surface area contributed by atoms with Crippen LogP contribution in [0.1, 0.15) is 30.5 Å². The van der Waals surface area contributed by atoms with Crippen LogP contribution in [0.3, 0.4) is 0 Å². The van der Waals surface area contributed by atoms with Crippen molar-refractivity contribution in [2.45, 2.75) is 26.3 Å². The summed E-state index contributed by atoms with van der Waals surface area (Å²) in [6.45, 7) is 4.89. The zero-order valence-electron chi connectivity index (χ0n) is 10.1. The van der Waals surface area contributed by atoms with Crippen molar-refractivity contribution in [1.29, 1.82) is 0 Å². The van der Waals surface area contributed by atoms with Crippen molar-refractivity contribution >= 4 is 5.97 Å². The summed E-state index contributed by atoms with van der Waals surface area (Å²) in [6, 6.07) is 7.56. The quantitative estimate of drug-likeness (QED) is 0.775. The fourth-order valence-corrected chi connectivity index (χ4v) is 1.50. The molecular weight excluding hydrogens is 202 g/mol. The summed E-state index contributed by atoms with van der Waals surface area (Å²) in [5.74, 6) is -0.239. The highest BCUT2D eigenvalue weighted by Gasteiger charge is 2.19. The van der Waals surface area contributed by atoms with Gasteiger partial charge in [0, 0.05) is 0 Å². The molecule has 1 aromatic carbocycles. The number of nitrogens with one attached hydrogen (secondary N) is 1. The number of benzene rings is 1. The number of aryl methyl sites for hydroxylation is 1. The summed E-state index contributed by atoms with van der Waals surface area (Å²) in [7, 11) is 1.41. The minimum absolute atomic E-state index is 0.239. The maximum absolute atomic E-state index is 11.6. The van der Waals surface area contributed by atoms with E-state index in [1.807, 2.05) is 31.2 Å². The molecule has 0 aliphatic heterocycles. The summed E-state index contributed by atoms with van der Waals surface area (Å²) in [5.41, 5.74) is 2.13. The van der Waals surface area contributed by atoms with Crippen LogP contribution in [-0.2, 0) is 9.53 Å². The third kappa shape index (κ3) is 3.35. The molecule has 0 radical (unpaired) electrons. The average molecular weight is 221 g/mol. The standard InChI is InChI=1S/C13H19NO2/c1-4-9-14-12(13(15)16-3)11-7-5-10(2)6-8-11/h5-8,12,14H,4,9H2,1-3H3. The molecule has 0 saturated heterocycles. The molecule has 1 atom stereocenters. The lowest BCUT2D eigenvalue weighted by atomic mass is 10.1. The Morgan fingerprint density at radius 1 is 1.38 bits per heavy atom. The van der Waals surface area contributed by atoms with E-state index < -0.39 is 0 Å². The molecular formula is C13H19NO2. The lowest BCUT2D eigenvalue weighted by Crippen LogP contribution is -2.30. The summed E-state index contributed by atoms with van der Waals surface area (Å²) in [5, 5.41) is 3.18. The molecule has 0 amide bonds. The number of ether oxygens (including phenoxy) is 1. The van der Waals surface area contributed by atoms with Gasteiger partial charge in [-0.1, -0.05) is 36.8 Å². The highest BCUT2D eigenvalue weighted by atomic mass is 16.5. The van der Waals surface area contributed by atoms with E-state index in [0.29, 0.717) is 0 Å². The Bertz CT molecular complexity index is 332. The third-order valence-corrected chi connectivity index (χ3v) is 2.45. The highest BCUT2D eigenvalue weighted by molar-refractivity contribution is 5.77. The first-order valence-electron chi connectivity index (χ1n) is 5.56. The molecule has 3 nitrogen and oxygen atoms in total. The normalized spacial score (nSPS) is 12.2. The molecule has 88 valence electrons. The molecule has 1 N–H and O–H groups in total. The van der Waals surface area contributed by atoms with Gasteiger partial charge >= 0.3 is 5.97 Å². The van der Waals surface area contributed by atoms with Crippen LogP contribution in [0, 0.1) is 6.92 Å². The molecule has 0 aliphatic carbocycles. The topological polar surface area (TPSA) is 38.3 Å². The second-order valence-corrected chi connectivity index (χ2v) is 3.82. The van der Waals surface area contributed by atoms with Crippen LogP contribution >= 0.6 is 0 Å². The maximum Gasteiger partial charge on any atom is 0.327 e. The Labute approximate surface area is 96.8 Å². The molecule has 0 bridgehead atoms. The summed E-state index contributed by atoms with van der Waals surface area (Å²) < 4.78 is 4.79. The number of carbonyl (C=O) groups is 1. The van der Waals surface area contributed by atoms with E-state index in [1.54, 1.807) is 0 Å². The van der Waals surface area contributed by atoms with Crippen molar-refractivity contribution in [1.82, 2.24) is 5.32 Å². The van der Waals surface area contributed by atoms with E-state index in [-0.39, 0.29) is 12.0 Å². The molecule has 0 saturated carbocycles. The number of esters is 1. The van der Waals surface area contributed by atoms with Gasteiger partial charge in [-0.2, -0.15) is 0 Å². The fourth-order valence-electron chi connectivity index (χ4n) is 1.50. The summed E-state index contributed by atoms with van der Waals surface area (Å²) in [6.07, 6.45) is 0.985. The minimum atomic E-state index is -0.356. The zero-order chi connectivity index (χ0) is 12.0. The lowest BCUT2D eigenvalue weighted by Gasteiger charge is -2.16. The fraction of sp³-hybridized carbons (Fsp3) is 0.462. The number of methoxy groups -OCH3 is 1. The molecule has 1 aromatic rings. The van der Waals surface area contributed by atoms with Crippen molar-refractivity contribution in [3.8, 4) is 0 Å². The molecule has 1 rings (SSSR count). The first-order chi connectivity index (χ1) is 7.69. The molecule has 3 heteroatoms. The monoisotopic (exact) mass is 221 g/mol. The van der Waals surface area contributed by atoms with Crippen molar-refractivity contribution in [2.24, 2.45) is 0 Å². The Morgan fingerprint density at radius 2 is 2.00 bits per heavy atom. The van der Waals surface area contributed by atoms with Crippen LogP contribution in [0.25, 0.3) is 0 Å². The Morgan fingerprint density at radius 3 is 2.50 bits per heavy atom. The molecule has 0 heterocycles.